The quantitative estimate of drug-likeness (QED) is 0.280. The molecule has 2 aliphatic rings. The van der Waals surface area contributed by atoms with Crippen LogP contribution in [0.25, 0.3) is 0 Å². The Labute approximate surface area is 185 Å². The zero-order chi connectivity index (χ0) is 22.8. The zero-order valence-corrected chi connectivity index (χ0v) is 21.3. The van der Waals surface area contributed by atoms with Crippen LogP contribution in [0.3, 0.4) is 0 Å². The van der Waals surface area contributed by atoms with Gasteiger partial charge in [-0.15, -0.1) is 6.42 Å². The molecule has 0 radical (unpaired) electrons. The molecule has 5 heteroatoms. The van der Waals surface area contributed by atoms with Crippen LogP contribution >= 0.6 is 0 Å². The van der Waals surface area contributed by atoms with Crippen LogP contribution in [0.1, 0.15) is 85.5 Å². The van der Waals surface area contributed by atoms with Crippen molar-refractivity contribution in [1.29, 1.82) is 0 Å². The van der Waals surface area contributed by atoms with Crippen LogP contribution in [-0.4, -0.2) is 43.6 Å². The standard InChI is InChI=1S/C25H44O4Si/c1-9-11-12-13-14-16-24(10-2,29-30(7,8)23(3,4)5)22-19-18-21(27)25(19,28-6)17-15-20(22)26/h2,19-20,22,26H,9,11-18H2,1,3-8H3/t19-,20-,22+,24+,25-/m1/s1. The fourth-order valence-corrected chi connectivity index (χ4v) is 6.76. The van der Waals surface area contributed by atoms with E-state index in [0.717, 1.165) is 19.3 Å². The number of hydrogen-bond acceptors (Lipinski definition) is 4. The summed E-state index contributed by atoms with van der Waals surface area (Å²) in [6, 6.07) is 0. The highest BCUT2D eigenvalue weighted by Gasteiger charge is 2.66. The van der Waals surface area contributed by atoms with Crippen molar-refractivity contribution in [2.75, 3.05) is 7.11 Å². The molecule has 30 heavy (non-hydrogen) atoms. The first-order valence-corrected chi connectivity index (χ1v) is 14.8. The van der Waals surface area contributed by atoms with Crippen molar-refractivity contribution in [2.24, 2.45) is 11.8 Å². The molecule has 0 aliphatic heterocycles. The van der Waals surface area contributed by atoms with Crippen molar-refractivity contribution in [2.45, 2.75) is 121 Å². The molecule has 0 amide bonds. The molecule has 4 nitrogen and oxygen atoms in total. The fraction of sp³-hybridized carbons (Fsp3) is 0.880. The Morgan fingerprint density at radius 3 is 2.37 bits per heavy atom. The average molecular weight is 437 g/mol. The van der Waals surface area contributed by atoms with Gasteiger partial charge in [0.05, 0.1) is 6.10 Å². The molecule has 2 rings (SSSR count). The molecular formula is C25H44O4Si. The molecule has 1 N–H and O–H groups in total. The van der Waals surface area contributed by atoms with E-state index < -0.39 is 25.6 Å². The van der Waals surface area contributed by atoms with E-state index in [1.165, 1.54) is 19.3 Å². The summed E-state index contributed by atoms with van der Waals surface area (Å²) in [5.41, 5.74) is -1.64. The van der Waals surface area contributed by atoms with Crippen molar-refractivity contribution < 1.29 is 19.1 Å². The van der Waals surface area contributed by atoms with E-state index in [1.54, 1.807) is 7.11 Å². The molecule has 2 aliphatic carbocycles. The zero-order valence-electron chi connectivity index (χ0n) is 20.3. The molecule has 0 spiro atoms. The topological polar surface area (TPSA) is 55.8 Å². The van der Waals surface area contributed by atoms with E-state index >= 15 is 0 Å². The second-order valence-corrected chi connectivity index (χ2v) is 15.7. The SMILES string of the molecule is C#C[C@@](CCCCCCC)(O[Si](C)(C)C(C)(C)C)[C@@H]1[C@H](O)CC[C@]2(OC)C(=O)C[C@H]12. The van der Waals surface area contributed by atoms with Gasteiger partial charge in [-0.3, -0.25) is 4.79 Å². The molecule has 0 aromatic carbocycles. The number of hydrogen-bond donors (Lipinski definition) is 1. The van der Waals surface area contributed by atoms with Gasteiger partial charge in [0.15, 0.2) is 14.1 Å². The minimum absolute atomic E-state index is 0.00467. The minimum atomic E-state index is -2.21. The second-order valence-electron chi connectivity index (χ2n) is 11.0. The normalized spacial score (nSPS) is 31.4. The highest BCUT2D eigenvalue weighted by Crippen LogP contribution is 2.56. The molecule has 2 saturated carbocycles. The van der Waals surface area contributed by atoms with Crippen molar-refractivity contribution in [1.82, 2.24) is 0 Å². The van der Waals surface area contributed by atoms with Crippen LogP contribution in [0.4, 0.5) is 0 Å². The van der Waals surface area contributed by atoms with Crippen molar-refractivity contribution >= 4 is 14.1 Å². The van der Waals surface area contributed by atoms with Crippen molar-refractivity contribution in [3.63, 3.8) is 0 Å². The van der Waals surface area contributed by atoms with Gasteiger partial charge in [0.2, 0.25) is 0 Å². The van der Waals surface area contributed by atoms with E-state index in [4.69, 9.17) is 15.6 Å². The van der Waals surface area contributed by atoms with Crippen LogP contribution in [0.2, 0.25) is 18.1 Å². The summed E-state index contributed by atoms with van der Waals surface area (Å²) < 4.78 is 12.8. The summed E-state index contributed by atoms with van der Waals surface area (Å²) in [5.74, 6) is 2.86. The molecule has 0 saturated heterocycles. The first-order chi connectivity index (χ1) is 13.9. The van der Waals surface area contributed by atoms with Gasteiger partial charge in [-0.1, -0.05) is 59.3 Å². The molecule has 5 atom stereocenters. The van der Waals surface area contributed by atoms with E-state index in [9.17, 15) is 9.90 Å². The monoisotopic (exact) mass is 436 g/mol. The maximum atomic E-state index is 12.6. The molecule has 0 bridgehead atoms. The summed E-state index contributed by atoms with van der Waals surface area (Å²) in [4.78, 5) is 12.6. The third-order valence-corrected chi connectivity index (χ3v) is 12.7. The van der Waals surface area contributed by atoms with Gasteiger partial charge < -0.3 is 14.3 Å². The Kier molecular flexibility index (Phi) is 8.05. The number of aliphatic hydroxyl groups excluding tert-OH is 1. The summed E-state index contributed by atoms with van der Waals surface area (Å²) >= 11 is 0. The van der Waals surface area contributed by atoms with Crippen LogP contribution < -0.4 is 0 Å². The molecule has 0 aromatic heterocycles. The number of fused-ring (bicyclic) bond motifs is 1. The number of ether oxygens (including phenoxy) is 1. The number of aliphatic hydroxyl groups is 1. The minimum Gasteiger partial charge on any atom is -0.400 e. The van der Waals surface area contributed by atoms with Gasteiger partial charge in [-0.2, -0.15) is 0 Å². The Balaban J connectivity index is 2.40. The van der Waals surface area contributed by atoms with Gasteiger partial charge in [0.1, 0.15) is 11.2 Å². The largest absolute Gasteiger partial charge is 0.400 e. The van der Waals surface area contributed by atoms with E-state index in [2.05, 4.69) is 46.7 Å². The number of terminal acetylenes is 1. The number of carbonyl (C=O) groups excluding carboxylic acids is 1. The lowest BCUT2D eigenvalue weighted by molar-refractivity contribution is -0.212. The number of Topliss-reactive ketones (excluding diaryl/α,β-unsaturated/α-hetero) is 1. The first-order valence-electron chi connectivity index (χ1n) is 11.8. The Morgan fingerprint density at radius 2 is 1.87 bits per heavy atom. The highest BCUT2D eigenvalue weighted by molar-refractivity contribution is 6.74. The molecule has 0 aromatic rings. The smallest absolute Gasteiger partial charge is 0.194 e. The van der Waals surface area contributed by atoms with Crippen molar-refractivity contribution in [3.8, 4) is 12.3 Å². The maximum Gasteiger partial charge on any atom is 0.194 e. The number of ketones is 1. The fourth-order valence-electron chi connectivity index (χ4n) is 5.25. The van der Waals surface area contributed by atoms with Gasteiger partial charge in [0.25, 0.3) is 0 Å². The van der Waals surface area contributed by atoms with Gasteiger partial charge in [-0.25, -0.2) is 0 Å². The molecule has 172 valence electrons. The molecule has 0 unspecified atom stereocenters. The third-order valence-electron chi connectivity index (χ3n) is 8.18. The summed E-state index contributed by atoms with van der Waals surface area (Å²) in [6.07, 6.45) is 13.6. The van der Waals surface area contributed by atoms with Crippen LogP contribution in [0.5, 0.6) is 0 Å². The predicted octanol–water partition coefficient (Wildman–Crippen LogP) is 5.49. The lowest BCUT2D eigenvalue weighted by Gasteiger charge is -2.59. The van der Waals surface area contributed by atoms with Crippen LogP contribution in [0.15, 0.2) is 0 Å². The lowest BCUT2D eigenvalue weighted by atomic mass is 9.51. The van der Waals surface area contributed by atoms with Gasteiger partial charge in [-0.05, 0) is 43.8 Å². The number of carbonyl (C=O) groups is 1. The Bertz CT molecular complexity index is 647. The molecule has 2 fully saturated rings. The van der Waals surface area contributed by atoms with Crippen molar-refractivity contribution in [3.05, 3.63) is 0 Å². The second kappa shape index (κ2) is 9.44. The Hall–Kier alpha value is -0.673. The Morgan fingerprint density at radius 1 is 1.23 bits per heavy atom. The van der Waals surface area contributed by atoms with Gasteiger partial charge >= 0.3 is 0 Å². The third kappa shape index (κ3) is 4.58. The first kappa shape index (κ1) is 25.6. The lowest BCUT2D eigenvalue weighted by Crippen LogP contribution is -2.70. The predicted molar refractivity (Wildman–Crippen MR) is 125 cm³/mol. The van der Waals surface area contributed by atoms with E-state index in [0.29, 0.717) is 19.3 Å². The summed E-state index contributed by atoms with van der Waals surface area (Å²) in [5, 5.41) is 11.2. The molecular weight excluding hydrogens is 392 g/mol. The molecule has 0 heterocycles. The highest BCUT2D eigenvalue weighted by atomic mass is 28.4. The van der Waals surface area contributed by atoms with E-state index in [1.807, 2.05) is 0 Å². The summed E-state index contributed by atoms with van der Waals surface area (Å²) in [7, 11) is -0.588. The summed E-state index contributed by atoms with van der Waals surface area (Å²) in [6.45, 7) is 13.3. The maximum absolute atomic E-state index is 12.6. The number of methoxy groups -OCH3 is 1. The van der Waals surface area contributed by atoms with E-state index in [-0.39, 0.29) is 22.7 Å². The van der Waals surface area contributed by atoms with Gasteiger partial charge in [0, 0.05) is 25.4 Å². The van der Waals surface area contributed by atoms with Crippen LogP contribution in [-0.2, 0) is 14.0 Å². The van der Waals surface area contributed by atoms with Crippen LogP contribution in [0, 0.1) is 24.2 Å². The number of rotatable bonds is 10. The number of unbranched alkanes of at least 4 members (excludes halogenated alkanes) is 4. The average Bonchev–Trinajstić information content (AvgIpc) is 2.66.